The Kier molecular flexibility index (Phi) is 5.27. The van der Waals surface area contributed by atoms with Crippen LogP contribution in [0.4, 0.5) is 11.4 Å². The number of rotatable bonds is 6. The number of nitro benzene ring substituents is 1. The predicted octanol–water partition coefficient (Wildman–Crippen LogP) is 4.68. The number of non-ortho nitro benzene ring substituents is 1. The van der Waals surface area contributed by atoms with Gasteiger partial charge in [0.05, 0.1) is 46.1 Å². The molecule has 2 aromatic heterocycles. The zero-order valence-corrected chi connectivity index (χ0v) is 18.2. The quantitative estimate of drug-likeness (QED) is 0.170. The number of nitro groups is 1. The molecular weight excluding hydrogens is 442 g/mol. The molecule has 5 rings (SSSR count). The van der Waals surface area contributed by atoms with Crippen molar-refractivity contribution >= 4 is 56.6 Å². The summed E-state index contributed by atoms with van der Waals surface area (Å²) in [6, 6.07) is 19.6. The second-order valence-electron chi connectivity index (χ2n) is 7.15. The molecule has 0 radical (unpaired) electrons. The first-order valence-corrected chi connectivity index (χ1v) is 10.9. The normalized spacial score (nSPS) is 11.2. The Bertz CT molecular complexity index is 1550. The van der Waals surface area contributed by atoms with Crippen molar-refractivity contribution in [3.63, 3.8) is 0 Å². The Balaban J connectivity index is 1.46. The molecule has 0 fully saturated rings. The molecule has 1 amide bonds. The molecule has 164 valence electrons. The SMILES string of the molecule is COc1cc([N+](=O)[O-])ccc1NC(=O)CSc1nc2ccccc2c2nc3ccccc3n12. The number of thioether (sulfide) groups is 1. The van der Waals surface area contributed by atoms with Crippen molar-refractivity contribution in [3.8, 4) is 5.75 Å². The minimum absolute atomic E-state index is 0.0765. The summed E-state index contributed by atoms with van der Waals surface area (Å²) in [4.78, 5) is 32.7. The molecule has 9 nitrogen and oxygen atoms in total. The highest BCUT2D eigenvalue weighted by Gasteiger charge is 2.17. The van der Waals surface area contributed by atoms with Gasteiger partial charge in [0.25, 0.3) is 5.69 Å². The molecule has 3 aromatic carbocycles. The number of hydrogen-bond donors (Lipinski definition) is 1. The van der Waals surface area contributed by atoms with Crippen LogP contribution in [-0.4, -0.2) is 38.1 Å². The first kappa shape index (κ1) is 20.7. The van der Waals surface area contributed by atoms with Gasteiger partial charge in [-0.3, -0.25) is 19.3 Å². The summed E-state index contributed by atoms with van der Waals surface area (Å²) < 4.78 is 7.15. The number of para-hydroxylation sites is 3. The number of nitrogens with zero attached hydrogens (tertiary/aromatic N) is 4. The van der Waals surface area contributed by atoms with Crippen LogP contribution in [0.15, 0.2) is 71.9 Å². The largest absolute Gasteiger partial charge is 0.494 e. The number of hydrogen-bond acceptors (Lipinski definition) is 7. The van der Waals surface area contributed by atoms with E-state index in [1.54, 1.807) is 0 Å². The number of amides is 1. The molecule has 0 saturated heterocycles. The second-order valence-corrected chi connectivity index (χ2v) is 8.09. The van der Waals surface area contributed by atoms with Crippen LogP contribution in [0.3, 0.4) is 0 Å². The monoisotopic (exact) mass is 459 g/mol. The lowest BCUT2D eigenvalue weighted by atomic mass is 10.2. The number of anilines is 1. The van der Waals surface area contributed by atoms with Gasteiger partial charge in [0.15, 0.2) is 5.16 Å². The van der Waals surface area contributed by atoms with Crippen LogP contribution >= 0.6 is 11.8 Å². The number of aromatic nitrogens is 3. The first-order chi connectivity index (χ1) is 16.0. The number of carbonyl (C=O) groups excluding carboxylic acids is 1. The molecule has 10 heteroatoms. The zero-order valence-electron chi connectivity index (χ0n) is 17.4. The minimum atomic E-state index is -0.518. The highest BCUT2D eigenvalue weighted by atomic mass is 32.2. The molecule has 5 aromatic rings. The Morgan fingerprint density at radius 3 is 2.64 bits per heavy atom. The third-order valence-electron chi connectivity index (χ3n) is 5.12. The molecule has 0 aliphatic heterocycles. The summed E-state index contributed by atoms with van der Waals surface area (Å²) in [6.07, 6.45) is 0. The van der Waals surface area contributed by atoms with Crippen molar-refractivity contribution in [2.24, 2.45) is 0 Å². The Hall–Kier alpha value is -4.18. The lowest BCUT2D eigenvalue weighted by Crippen LogP contribution is -2.15. The van der Waals surface area contributed by atoms with E-state index < -0.39 is 4.92 Å². The topological polar surface area (TPSA) is 112 Å². The minimum Gasteiger partial charge on any atom is -0.494 e. The molecule has 0 saturated carbocycles. The van der Waals surface area contributed by atoms with Gasteiger partial charge in [0.1, 0.15) is 11.4 Å². The summed E-state index contributed by atoms with van der Waals surface area (Å²) in [7, 11) is 1.39. The molecule has 0 aliphatic rings. The predicted molar refractivity (Wildman–Crippen MR) is 127 cm³/mol. The standard InChI is InChI=1S/C23H17N5O4S/c1-32-20-12-14(28(30)31)10-11-18(20)24-21(29)13-33-23-26-16-7-3-2-6-15(16)22-25-17-8-4-5-9-19(17)27(22)23/h2-12H,13H2,1H3,(H,24,29). The van der Waals surface area contributed by atoms with Gasteiger partial charge in [-0.15, -0.1) is 0 Å². The maximum Gasteiger partial charge on any atom is 0.273 e. The average Bonchev–Trinajstić information content (AvgIpc) is 3.23. The van der Waals surface area contributed by atoms with E-state index in [1.165, 1.54) is 37.1 Å². The summed E-state index contributed by atoms with van der Waals surface area (Å²) in [5.74, 6) is 0.00153. The Morgan fingerprint density at radius 1 is 1.09 bits per heavy atom. The Morgan fingerprint density at radius 2 is 1.85 bits per heavy atom. The van der Waals surface area contributed by atoms with Crippen LogP contribution in [0, 0.1) is 10.1 Å². The number of benzene rings is 3. The van der Waals surface area contributed by atoms with Crippen molar-refractivity contribution in [1.29, 1.82) is 0 Å². The highest BCUT2D eigenvalue weighted by molar-refractivity contribution is 7.99. The molecule has 0 bridgehead atoms. The molecule has 0 spiro atoms. The lowest BCUT2D eigenvalue weighted by Gasteiger charge is -2.11. The maximum absolute atomic E-state index is 12.7. The van der Waals surface area contributed by atoms with Gasteiger partial charge in [-0.1, -0.05) is 36.0 Å². The number of methoxy groups -OCH3 is 1. The number of carbonyl (C=O) groups is 1. The smallest absolute Gasteiger partial charge is 0.273 e. The van der Waals surface area contributed by atoms with Gasteiger partial charge in [0.2, 0.25) is 5.91 Å². The fourth-order valence-corrected chi connectivity index (χ4v) is 4.43. The van der Waals surface area contributed by atoms with E-state index in [1.807, 2.05) is 52.9 Å². The summed E-state index contributed by atoms with van der Waals surface area (Å²) in [6.45, 7) is 0. The molecule has 2 heterocycles. The third-order valence-corrected chi connectivity index (χ3v) is 6.05. The van der Waals surface area contributed by atoms with Gasteiger partial charge < -0.3 is 10.1 Å². The average molecular weight is 459 g/mol. The number of fused-ring (bicyclic) bond motifs is 5. The molecule has 0 aliphatic carbocycles. The second kappa shape index (κ2) is 8.40. The maximum atomic E-state index is 12.7. The van der Waals surface area contributed by atoms with Crippen molar-refractivity contribution in [2.45, 2.75) is 5.16 Å². The van der Waals surface area contributed by atoms with Gasteiger partial charge in [-0.25, -0.2) is 9.97 Å². The molecule has 0 atom stereocenters. The molecular formula is C23H17N5O4S. The number of ether oxygens (including phenoxy) is 1. The summed E-state index contributed by atoms with van der Waals surface area (Å²) in [5, 5.41) is 15.3. The van der Waals surface area contributed by atoms with Crippen LogP contribution in [0.5, 0.6) is 5.75 Å². The van der Waals surface area contributed by atoms with Crippen LogP contribution < -0.4 is 10.1 Å². The number of nitrogens with one attached hydrogen (secondary N) is 1. The van der Waals surface area contributed by atoms with E-state index in [0.717, 1.165) is 27.6 Å². The van der Waals surface area contributed by atoms with Gasteiger partial charge in [0, 0.05) is 11.5 Å². The van der Waals surface area contributed by atoms with Crippen molar-refractivity contribution in [3.05, 3.63) is 76.8 Å². The van der Waals surface area contributed by atoms with Gasteiger partial charge in [-0.2, -0.15) is 0 Å². The van der Waals surface area contributed by atoms with Crippen LogP contribution in [0.25, 0.3) is 27.6 Å². The van der Waals surface area contributed by atoms with Crippen LogP contribution in [0.2, 0.25) is 0 Å². The van der Waals surface area contributed by atoms with Crippen molar-refractivity contribution in [2.75, 3.05) is 18.2 Å². The summed E-state index contributed by atoms with van der Waals surface area (Å²) in [5.41, 5.74) is 3.57. The lowest BCUT2D eigenvalue weighted by molar-refractivity contribution is -0.384. The van der Waals surface area contributed by atoms with Crippen molar-refractivity contribution < 1.29 is 14.5 Å². The molecule has 0 unspecified atom stereocenters. The summed E-state index contributed by atoms with van der Waals surface area (Å²) >= 11 is 1.28. The van der Waals surface area contributed by atoms with Crippen LogP contribution in [0.1, 0.15) is 0 Å². The molecule has 33 heavy (non-hydrogen) atoms. The fraction of sp³-hybridized carbons (Fsp3) is 0.0870. The van der Waals surface area contributed by atoms with Crippen LogP contribution in [-0.2, 0) is 4.79 Å². The van der Waals surface area contributed by atoms with Gasteiger partial charge in [-0.05, 0) is 30.3 Å². The number of imidazole rings is 1. The van der Waals surface area contributed by atoms with E-state index in [2.05, 4.69) is 5.32 Å². The third kappa shape index (κ3) is 3.80. The van der Waals surface area contributed by atoms with Crippen molar-refractivity contribution in [1.82, 2.24) is 14.4 Å². The first-order valence-electron chi connectivity index (χ1n) is 9.96. The highest BCUT2D eigenvalue weighted by Crippen LogP contribution is 2.31. The Labute approximate surface area is 191 Å². The van der Waals surface area contributed by atoms with E-state index in [0.29, 0.717) is 10.8 Å². The fourth-order valence-electron chi connectivity index (χ4n) is 3.62. The van der Waals surface area contributed by atoms with E-state index in [9.17, 15) is 14.9 Å². The van der Waals surface area contributed by atoms with Gasteiger partial charge >= 0.3 is 0 Å². The molecule has 1 N–H and O–H groups in total. The zero-order chi connectivity index (χ0) is 22.9. The van der Waals surface area contributed by atoms with E-state index in [4.69, 9.17) is 14.7 Å². The van der Waals surface area contributed by atoms with E-state index in [-0.39, 0.29) is 23.1 Å². The van der Waals surface area contributed by atoms with E-state index >= 15 is 0 Å².